The highest BCUT2D eigenvalue weighted by atomic mass is 16.5. The summed E-state index contributed by atoms with van der Waals surface area (Å²) in [6, 6.07) is 7.79. The molecule has 1 saturated heterocycles. The first kappa shape index (κ1) is 19.2. The fourth-order valence-corrected chi connectivity index (χ4v) is 2.80. The average molecular weight is 347 g/mol. The Labute approximate surface area is 150 Å². The van der Waals surface area contributed by atoms with Gasteiger partial charge in [-0.3, -0.25) is 9.59 Å². The molecule has 25 heavy (non-hydrogen) atoms. The lowest BCUT2D eigenvalue weighted by molar-refractivity contribution is -0.133. The molecule has 1 aliphatic heterocycles. The summed E-state index contributed by atoms with van der Waals surface area (Å²) in [6.07, 6.45) is 3.51. The molecule has 0 bridgehead atoms. The quantitative estimate of drug-likeness (QED) is 0.734. The molecule has 1 N–H and O–H groups in total. The lowest BCUT2D eigenvalue weighted by atomic mass is 10.2. The van der Waals surface area contributed by atoms with E-state index in [1.54, 1.807) is 7.05 Å². The molecule has 2 rings (SSSR count). The number of nitrogens with zero attached hydrogens (tertiary/aromatic N) is 2. The standard InChI is InChI=1S/C19H29N3O3/c1-3-4-5-6-19(24)21(2)15-18(23)20-16-7-9-17(10-8-16)22-11-13-25-14-12-22/h7-10H,3-6,11-15H2,1-2H3,(H,20,23). The number of carbonyl (C=O) groups is 2. The molecule has 2 amide bonds. The summed E-state index contributed by atoms with van der Waals surface area (Å²) in [7, 11) is 1.68. The molecular weight excluding hydrogens is 318 g/mol. The number of anilines is 2. The van der Waals surface area contributed by atoms with Gasteiger partial charge in [0, 0.05) is 37.9 Å². The van der Waals surface area contributed by atoms with E-state index in [4.69, 9.17) is 4.74 Å². The topological polar surface area (TPSA) is 61.9 Å². The molecule has 0 radical (unpaired) electrons. The highest BCUT2D eigenvalue weighted by Crippen LogP contribution is 2.19. The maximum absolute atomic E-state index is 12.1. The molecule has 1 aromatic rings. The van der Waals surface area contributed by atoms with Gasteiger partial charge in [0.1, 0.15) is 0 Å². The normalized spacial score (nSPS) is 14.2. The first-order valence-electron chi connectivity index (χ1n) is 9.06. The van der Waals surface area contributed by atoms with Crippen molar-refractivity contribution >= 4 is 23.2 Å². The number of ether oxygens (including phenoxy) is 1. The second-order valence-electron chi connectivity index (χ2n) is 6.40. The van der Waals surface area contributed by atoms with Gasteiger partial charge in [0.2, 0.25) is 11.8 Å². The molecule has 0 atom stereocenters. The minimum atomic E-state index is -0.175. The van der Waals surface area contributed by atoms with E-state index < -0.39 is 0 Å². The number of unbranched alkanes of at least 4 members (excludes halogenated alkanes) is 2. The fourth-order valence-electron chi connectivity index (χ4n) is 2.80. The lowest BCUT2D eigenvalue weighted by Gasteiger charge is -2.28. The van der Waals surface area contributed by atoms with Crippen molar-refractivity contribution in [1.82, 2.24) is 4.90 Å². The molecule has 1 heterocycles. The number of amides is 2. The average Bonchev–Trinajstić information content (AvgIpc) is 2.63. The van der Waals surface area contributed by atoms with Crippen molar-refractivity contribution in [3.63, 3.8) is 0 Å². The van der Waals surface area contributed by atoms with E-state index in [2.05, 4.69) is 17.1 Å². The summed E-state index contributed by atoms with van der Waals surface area (Å²) in [5, 5.41) is 2.85. The molecule has 0 aliphatic carbocycles. The maximum atomic E-state index is 12.1. The molecule has 1 fully saturated rings. The van der Waals surface area contributed by atoms with E-state index >= 15 is 0 Å². The molecule has 0 spiro atoms. The van der Waals surface area contributed by atoms with Crippen LogP contribution in [0.1, 0.15) is 32.6 Å². The van der Waals surface area contributed by atoms with E-state index in [-0.39, 0.29) is 18.4 Å². The summed E-state index contributed by atoms with van der Waals surface area (Å²) >= 11 is 0. The summed E-state index contributed by atoms with van der Waals surface area (Å²) in [4.78, 5) is 27.8. The van der Waals surface area contributed by atoms with Crippen molar-refractivity contribution < 1.29 is 14.3 Å². The maximum Gasteiger partial charge on any atom is 0.243 e. The molecular formula is C19H29N3O3. The van der Waals surface area contributed by atoms with Crippen LogP contribution in [0.2, 0.25) is 0 Å². The zero-order valence-electron chi connectivity index (χ0n) is 15.3. The first-order chi connectivity index (χ1) is 12.1. The Balaban J connectivity index is 1.78. The Morgan fingerprint density at radius 1 is 1.16 bits per heavy atom. The van der Waals surface area contributed by atoms with Crippen molar-refractivity contribution in [3.8, 4) is 0 Å². The van der Waals surface area contributed by atoms with E-state index in [0.29, 0.717) is 6.42 Å². The third-order valence-electron chi connectivity index (χ3n) is 4.33. The monoisotopic (exact) mass is 347 g/mol. The van der Waals surface area contributed by atoms with Crippen LogP contribution >= 0.6 is 0 Å². The van der Waals surface area contributed by atoms with Gasteiger partial charge in [0.25, 0.3) is 0 Å². The Kier molecular flexibility index (Phi) is 7.73. The highest BCUT2D eigenvalue weighted by molar-refractivity contribution is 5.94. The number of hydrogen-bond donors (Lipinski definition) is 1. The predicted octanol–water partition coefficient (Wildman–Crippen LogP) is 2.50. The highest BCUT2D eigenvalue weighted by Gasteiger charge is 2.14. The van der Waals surface area contributed by atoms with Crippen LogP contribution in [0.5, 0.6) is 0 Å². The SMILES string of the molecule is CCCCCC(=O)N(C)CC(=O)Nc1ccc(N2CCOCC2)cc1. The van der Waals surface area contributed by atoms with Gasteiger partial charge in [-0.1, -0.05) is 19.8 Å². The number of rotatable bonds is 8. The van der Waals surface area contributed by atoms with Gasteiger partial charge < -0.3 is 19.9 Å². The van der Waals surface area contributed by atoms with E-state index in [1.165, 1.54) is 4.90 Å². The number of morpholine rings is 1. The van der Waals surface area contributed by atoms with Crippen LogP contribution in [-0.2, 0) is 14.3 Å². The van der Waals surface area contributed by atoms with Gasteiger partial charge in [-0.15, -0.1) is 0 Å². The van der Waals surface area contributed by atoms with E-state index in [1.807, 2.05) is 24.3 Å². The molecule has 0 unspecified atom stereocenters. The van der Waals surface area contributed by atoms with Crippen molar-refractivity contribution in [3.05, 3.63) is 24.3 Å². The van der Waals surface area contributed by atoms with E-state index in [0.717, 1.165) is 56.9 Å². The summed E-state index contributed by atoms with van der Waals surface area (Å²) in [5.74, 6) is -0.156. The summed E-state index contributed by atoms with van der Waals surface area (Å²) in [5.41, 5.74) is 1.87. The minimum Gasteiger partial charge on any atom is -0.378 e. The van der Waals surface area contributed by atoms with Crippen LogP contribution in [0.4, 0.5) is 11.4 Å². The molecule has 0 aromatic heterocycles. The third-order valence-corrected chi connectivity index (χ3v) is 4.33. The van der Waals surface area contributed by atoms with Crippen molar-refractivity contribution in [2.45, 2.75) is 32.6 Å². The molecule has 6 nitrogen and oxygen atoms in total. The molecule has 6 heteroatoms. The number of benzene rings is 1. The number of nitrogens with one attached hydrogen (secondary N) is 1. The lowest BCUT2D eigenvalue weighted by Crippen LogP contribution is -2.36. The largest absolute Gasteiger partial charge is 0.378 e. The minimum absolute atomic E-state index is 0.0197. The van der Waals surface area contributed by atoms with Crippen LogP contribution in [-0.4, -0.2) is 56.6 Å². The van der Waals surface area contributed by atoms with Gasteiger partial charge in [0.15, 0.2) is 0 Å². The van der Waals surface area contributed by atoms with E-state index in [9.17, 15) is 9.59 Å². The number of likely N-dealkylation sites (N-methyl/N-ethyl adjacent to an activating group) is 1. The number of hydrogen-bond acceptors (Lipinski definition) is 4. The summed E-state index contributed by atoms with van der Waals surface area (Å²) in [6.45, 7) is 5.45. The zero-order valence-corrected chi connectivity index (χ0v) is 15.3. The Morgan fingerprint density at radius 2 is 1.84 bits per heavy atom. The number of carbonyl (C=O) groups excluding carboxylic acids is 2. The van der Waals surface area contributed by atoms with Gasteiger partial charge in [0.05, 0.1) is 19.8 Å². The van der Waals surface area contributed by atoms with Crippen LogP contribution < -0.4 is 10.2 Å². The first-order valence-corrected chi connectivity index (χ1v) is 9.06. The van der Waals surface area contributed by atoms with Crippen LogP contribution in [0.3, 0.4) is 0 Å². The third kappa shape index (κ3) is 6.38. The molecule has 1 aliphatic rings. The van der Waals surface area contributed by atoms with Gasteiger partial charge in [-0.2, -0.15) is 0 Å². The predicted molar refractivity (Wildman–Crippen MR) is 99.9 cm³/mol. The van der Waals surface area contributed by atoms with Crippen LogP contribution in [0.25, 0.3) is 0 Å². The Morgan fingerprint density at radius 3 is 2.48 bits per heavy atom. The molecule has 1 aromatic carbocycles. The molecule has 0 saturated carbocycles. The van der Waals surface area contributed by atoms with Crippen molar-refractivity contribution in [1.29, 1.82) is 0 Å². The Hall–Kier alpha value is -2.08. The Bertz CT molecular complexity index is 554. The smallest absolute Gasteiger partial charge is 0.243 e. The molecule has 138 valence electrons. The van der Waals surface area contributed by atoms with Crippen molar-refractivity contribution in [2.75, 3.05) is 50.1 Å². The van der Waals surface area contributed by atoms with Gasteiger partial charge >= 0.3 is 0 Å². The zero-order chi connectivity index (χ0) is 18.1. The van der Waals surface area contributed by atoms with Crippen LogP contribution in [0.15, 0.2) is 24.3 Å². The van der Waals surface area contributed by atoms with Crippen molar-refractivity contribution in [2.24, 2.45) is 0 Å². The second-order valence-corrected chi connectivity index (χ2v) is 6.40. The fraction of sp³-hybridized carbons (Fsp3) is 0.579. The van der Waals surface area contributed by atoms with Gasteiger partial charge in [-0.25, -0.2) is 0 Å². The second kappa shape index (κ2) is 10.0. The summed E-state index contributed by atoms with van der Waals surface area (Å²) < 4.78 is 5.35. The van der Waals surface area contributed by atoms with Gasteiger partial charge in [-0.05, 0) is 30.7 Å². The van der Waals surface area contributed by atoms with Crippen LogP contribution in [0, 0.1) is 0 Å².